The molecule has 0 saturated carbocycles. The predicted octanol–water partition coefficient (Wildman–Crippen LogP) is 4.57. The Balaban J connectivity index is 2.25. The number of nitro groups is 1. The van der Waals surface area contributed by atoms with E-state index in [1.54, 1.807) is 30.3 Å². The van der Waals surface area contributed by atoms with E-state index in [-0.39, 0.29) is 12.3 Å². The van der Waals surface area contributed by atoms with Gasteiger partial charge in [-0.1, -0.05) is 31.9 Å². The first kappa shape index (κ1) is 15.5. The summed E-state index contributed by atoms with van der Waals surface area (Å²) in [6, 6.07) is 11.8. The molecule has 0 radical (unpaired) electrons. The van der Waals surface area contributed by atoms with Gasteiger partial charge in [0.05, 0.1) is 16.1 Å². The van der Waals surface area contributed by atoms with Gasteiger partial charge in [0.2, 0.25) is 0 Å². The molecule has 2 aromatic carbocycles. The predicted molar refractivity (Wildman–Crippen MR) is 84.0 cm³/mol. The fraction of sp³-hybridized carbons (Fsp3) is 0.0714. The van der Waals surface area contributed by atoms with Gasteiger partial charge in [-0.2, -0.15) is 5.26 Å². The van der Waals surface area contributed by atoms with Crippen LogP contribution in [0.2, 0.25) is 0 Å². The normalized spacial score (nSPS) is 9.95. The standard InChI is InChI=1S/C14H8Br2N2O3/c15-11-3-4-14(10(5-11)7-17)21-8-9-1-2-12(16)6-13(9)18(19)20/h1-6H,8H2. The van der Waals surface area contributed by atoms with E-state index in [4.69, 9.17) is 10.00 Å². The van der Waals surface area contributed by atoms with Crippen molar-refractivity contribution < 1.29 is 9.66 Å². The molecule has 106 valence electrons. The number of ether oxygens (including phenoxy) is 1. The van der Waals surface area contributed by atoms with Crippen molar-refractivity contribution in [1.29, 1.82) is 5.26 Å². The summed E-state index contributed by atoms with van der Waals surface area (Å²) in [4.78, 5) is 10.6. The maximum Gasteiger partial charge on any atom is 0.277 e. The molecule has 0 heterocycles. The number of nitriles is 1. The molecular weight excluding hydrogens is 404 g/mol. The maximum absolute atomic E-state index is 11.0. The van der Waals surface area contributed by atoms with Crippen LogP contribution in [-0.2, 0) is 6.61 Å². The second kappa shape index (κ2) is 6.70. The van der Waals surface area contributed by atoms with Crippen molar-refractivity contribution in [2.75, 3.05) is 0 Å². The summed E-state index contributed by atoms with van der Waals surface area (Å²) < 4.78 is 6.93. The van der Waals surface area contributed by atoms with Gasteiger partial charge < -0.3 is 4.74 Å². The van der Waals surface area contributed by atoms with Crippen LogP contribution in [0.3, 0.4) is 0 Å². The van der Waals surface area contributed by atoms with Gasteiger partial charge in [0.1, 0.15) is 18.4 Å². The molecule has 0 amide bonds. The summed E-state index contributed by atoms with van der Waals surface area (Å²) in [7, 11) is 0. The number of hydrogen-bond donors (Lipinski definition) is 0. The molecule has 0 unspecified atom stereocenters. The Morgan fingerprint density at radius 3 is 2.52 bits per heavy atom. The Kier molecular flexibility index (Phi) is 4.94. The zero-order valence-corrected chi connectivity index (χ0v) is 13.7. The van der Waals surface area contributed by atoms with Gasteiger partial charge in [0, 0.05) is 15.0 Å². The van der Waals surface area contributed by atoms with Gasteiger partial charge in [-0.05, 0) is 30.3 Å². The molecule has 0 atom stereocenters. The third-order valence-electron chi connectivity index (χ3n) is 2.69. The summed E-state index contributed by atoms with van der Waals surface area (Å²) in [6.07, 6.45) is 0. The van der Waals surface area contributed by atoms with Gasteiger partial charge >= 0.3 is 0 Å². The van der Waals surface area contributed by atoms with Crippen LogP contribution in [0.25, 0.3) is 0 Å². The summed E-state index contributed by atoms with van der Waals surface area (Å²) in [5.74, 6) is 0.387. The zero-order valence-electron chi connectivity index (χ0n) is 10.5. The minimum atomic E-state index is -0.462. The van der Waals surface area contributed by atoms with Crippen LogP contribution in [0.5, 0.6) is 5.75 Å². The van der Waals surface area contributed by atoms with Crippen molar-refractivity contribution in [3.05, 3.63) is 66.6 Å². The van der Waals surface area contributed by atoms with Crippen molar-refractivity contribution >= 4 is 37.5 Å². The minimum Gasteiger partial charge on any atom is -0.487 e. The molecule has 0 N–H and O–H groups in total. The Morgan fingerprint density at radius 1 is 1.19 bits per heavy atom. The van der Waals surface area contributed by atoms with Crippen LogP contribution in [0.15, 0.2) is 45.3 Å². The van der Waals surface area contributed by atoms with E-state index in [2.05, 4.69) is 31.9 Å². The highest BCUT2D eigenvalue weighted by atomic mass is 79.9. The first-order chi connectivity index (χ1) is 10.0. The lowest BCUT2D eigenvalue weighted by Gasteiger charge is -2.09. The lowest BCUT2D eigenvalue weighted by Crippen LogP contribution is -2.01. The van der Waals surface area contributed by atoms with E-state index < -0.39 is 4.92 Å². The van der Waals surface area contributed by atoms with Crippen LogP contribution in [0, 0.1) is 21.4 Å². The second-order valence-corrected chi connectivity index (χ2v) is 5.90. The number of halogens is 2. The lowest BCUT2D eigenvalue weighted by molar-refractivity contribution is -0.385. The van der Waals surface area contributed by atoms with E-state index in [0.29, 0.717) is 21.3 Å². The maximum atomic E-state index is 11.0. The summed E-state index contributed by atoms with van der Waals surface area (Å²) >= 11 is 6.47. The van der Waals surface area contributed by atoms with Gasteiger partial charge in [-0.3, -0.25) is 10.1 Å². The first-order valence-electron chi connectivity index (χ1n) is 5.76. The summed E-state index contributed by atoms with van der Waals surface area (Å²) in [5.41, 5.74) is 0.777. The molecule has 0 saturated heterocycles. The molecule has 2 aromatic rings. The fourth-order valence-electron chi connectivity index (χ4n) is 1.70. The highest BCUT2D eigenvalue weighted by Gasteiger charge is 2.15. The van der Waals surface area contributed by atoms with E-state index in [9.17, 15) is 10.1 Å². The van der Waals surface area contributed by atoms with Crippen molar-refractivity contribution in [3.63, 3.8) is 0 Å². The number of hydrogen-bond acceptors (Lipinski definition) is 4. The van der Waals surface area contributed by atoms with Gasteiger partial charge in [0.25, 0.3) is 5.69 Å². The molecule has 21 heavy (non-hydrogen) atoms. The Hall–Kier alpha value is -1.91. The summed E-state index contributed by atoms with van der Waals surface area (Å²) in [5, 5.41) is 20.1. The van der Waals surface area contributed by atoms with Crippen molar-refractivity contribution in [1.82, 2.24) is 0 Å². The molecule has 0 fully saturated rings. The molecule has 7 heteroatoms. The molecule has 0 aliphatic rings. The highest BCUT2D eigenvalue weighted by Crippen LogP contribution is 2.27. The average Bonchev–Trinajstić information content (AvgIpc) is 2.46. The van der Waals surface area contributed by atoms with Crippen LogP contribution in [0.1, 0.15) is 11.1 Å². The molecule has 0 aliphatic heterocycles. The molecule has 5 nitrogen and oxygen atoms in total. The summed E-state index contributed by atoms with van der Waals surface area (Å²) in [6.45, 7) is 0.0138. The monoisotopic (exact) mass is 410 g/mol. The Bertz CT molecular complexity index is 741. The number of nitrogens with zero attached hydrogens (tertiary/aromatic N) is 2. The van der Waals surface area contributed by atoms with E-state index in [0.717, 1.165) is 4.47 Å². The topological polar surface area (TPSA) is 76.2 Å². The average molecular weight is 412 g/mol. The van der Waals surface area contributed by atoms with E-state index >= 15 is 0 Å². The number of rotatable bonds is 4. The molecule has 0 bridgehead atoms. The smallest absolute Gasteiger partial charge is 0.277 e. The Labute approximate surface area is 137 Å². The van der Waals surface area contributed by atoms with Gasteiger partial charge in [-0.15, -0.1) is 0 Å². The zero-order chi connectivity index (χ0) is 15.4. The molecule has 2 rings (SSSR count). The third-order valence-corrected chi connectivity index (χ3v) is 3.68. The molecule has 0 spiro atoms. The van der Waals surface area contributed by atoms with Crippen molar-refractivity contribution in [2.24, 2.45) is 0 Å². The molecular formula is C14H8Br2N2O3. The van der Waals surface area contributed by atoms with E-state index in [1.165, 1.54) is 6.07 Å². The third kappa shape index (κ3) is 3.80. The van der Waals surface area contributed by atoms with Crippen LogP contribution in [0.4, 0.5) is 5.69 Å². The number of benzene rings is 2. The van der Waals surface area contributed by atoms with Crippen molar-refractivity contribution in [2.45, 2.75) is 6.61 Å². The second-order valence-electron chi connectivity index (χ2n) is 4.07. The lowest BCUT2D eigenvalue weighted by atomic mass is 10.2. The highest BCUT2D eigenvalue weighted by molar-refractivity contribution is 9.10. The molecule has 0 aromatic heterocycles. The quantitative estimate of drug-likeness (QED) is 0.545. The SMILES string of the molecule is N#Cc1cc(Br)ccc1OCc1ccc(Br)cc1[N+](=O)[O-]. The fourth-order valence-corrected chi connectivity index (χ4v) is 2.41. The largest absolute Gasteiger partial charge is 0.487 e. The van der Waals surface area contributed by atoms with E-state index in [1.807, 2.05) is 6.07 Å². The van der Waals surface area contributed by atoms with Crippen LogP contribution in [-0.4, -0.2) is 4.92 Å². The molecule has 0 aliphatic carbocycles. The van der Waals surface area contributed by atoms with Gasteiger partial charge in [-0.25, -0.2) is 0 Å². The van der Waals surface area contributed by atoms with Gasteiger partial charge in [0.15, 0.2) is 0 Å². The van der Waals surface area contributed by atoms with Crippen LogP contribution < -0.4 is 4.74 Å². The first-order valence-corrected chi connectivity index (χ1v) is 7.35. The minimum absolute atomic E-state index is 0.0138. The number of nitro benzene ring substituents is 1. The van der Waals surface area contributed by atoms with Crippen molar-refractivity contribution in [3.8, 4) is 11.8 Å². The van der Waals surface area contributed by atoms with Crippen LogP contribution >= 0.6 is 31.9 Å². The Morgan fingerprint density at radius 2 is 1.86 bits per heavy atom.